The normalized spacial score (nSPS) is 18.9. The highest BCUT2D eigenvalue weighted by atomic mass is 32.1. The average molecular weight is 715 g/mol. The molecule has 0 saturated heterocycles. The second-order valence-corrected chi connectivity index (χ2v) is 15.2. The molecule has 0 saturated carbocycles. The van der Waals surface area contributed by atoms with Crippen LogP contribution in [0.1, 0.15) is 32.0 Å². The zero-order valence-corrected chi connectivity index (χ0v) is 29.2. The molecule has 2 aliphatic rings. The smallest absolute Gasteiger partial charge is 0.187 e. The van der Waals surface area contributed by atoms with Gasteiger partial charge in [-0.3, -0.25) is 0 Å². The van der Waals surface area contributed by atoms with E-state index in [0.717, 1.165) is 74.8 Å². The maximum atomic E-state index is 14.2. The molecule has 2 atom stereocenters. The number of ether oxygens (including phenoxy) is 2. The van der Waals surface area contributed by atoms with Crippen LogP contribution in [0.25, 0.3) is 43.5 Å². The molecule has 250 valence electrons. The van der Waals surface area contributed by atoms with Gasteiger partial charge in [0.1, 0.15) is 23.1 Å². The topological polar surface area (TPSA) is 18.5 Å². The van der Waals surface area contributed by atoms with E-state index >= 15 is 0 Å². The molecular formula is C46H28F2O2S2. The van der Waals surface area contributed by atoms with E-state index in [1.54, 1.807) is 46.9 Å². The summed E-state index contributed by atoms with van der Waals surface area (Å²) in [6.45, 7) is 0. The number of benzene rings is 6. The summed E-state index contributed by atoms with van der Waals surface area (Å²) in [4.78, 5) is 4.08. The Hall–Kier alpha value is -5.82. The number of thiophene rings is 2. The Kier molecular flexibility index (Phi) is 7.07. The van der Waals surface area contributed by atoms with Crippen LogP contribution in [0.15, 0.2) is 158 Å². The summed E-state index contributed by atoms with van der Waals surface area (Å²) >= 11 is 3.29. The van der Waals surface area contributed by atoms with Crippen molar-refractivity contribution in [3.8, 4) is 21.3 Å². The van der Waals surface area contributed by atoms with Crippen LogP contribution in [-0.4, -0.2) is 0 Å². The van der Waals surface area contributed by atoms with Crippen molar-refractivity contribution in [2.75, 3.05) is 0 Å². The molecule has 0 N–H and O–H groups in total. The van der Waals surface area contributed by atoms with Gasteiger partial charge in [0, 0.05) is 32.0 Å². The van der Waals surface area contributed by atoms with Gasteiger partial charge in [-0.1, -0.05) is 84.9 Å². The van der Waals surface area contributed by atoms with Crippen molar-refractivity contribution in [1.29, 1.82) is 0 Å². The van der Waals surface area contributed by atoms with E-state index in [2.05, 4.69) is 85.0 Å². The van der Waals surface area contributed by atoms with Crippen molar-refractivity contribution < 1.29 is 18.3 Å². The van der Waals surface area contributed by atoms with Crippen LogP contribution in [0.5, 0.6) is 11.5 Å². The molecule has 8 aromatic rings. The third-order valence-electron chi connectivity index (χ3n) is 10.1. The minimum absolute atomic E-state index is 0.298. The van der Waals surface area contributed by atoms with E-state index in [1.807, 2.05) is 36.4 Å². The molecule has 0 radical (unpaired) electrons. The maximum Gasteiger partial charge on any atom is 0.187 e. The van der Waals surface area contributed by atoms with Gasteiger partial charge in [0.2, 0.25) is 0 Å². The van der Waals surface area contributed by atoms with Crippen molar-refractivity contribution in [3.05, 3.63) is 201 Å². The first-order chi connectivity index (χ1) is 25.5. The van der Waals surface area contributed by atoms with E-state index in [0.29, 0.717) is 0 Å². The Morgan fingerprint density at radius 2 is 0.846 bits per heavy atom. The largest absolute Gasteiger partial charge is 0.472 e. The molecule has 2 aliphatic heterocycles. The van der Waals surface area contributed by atoms with Crippen LogP contribution in [0.2, 0.25) is 0 Å². The molecule has 0 aliphatic carbocycles. The van der Waals surface area contributed by atoms with E-state index in [9.17, 15) is 8.78 Å². The first-order valence-electron chi connectivity index (χ1n) is 17.0. The molecule has 0 bridgehead atoms. The van der Waals surface area contributed by atoms with Crippen LogP contribution < -0.4 is 9.47 Å². The number of rotatable bonds is 5. The summed E-state index contributed by atoms with van der Waals surface area (Å²) in [6.07, 6.45) is 8.45. The van der Waals surface area contributed by atoms with Crippen molar-refractivity contribution in [2.24, 2.45) is 0 Å². The molecule has 2 aromatic heterocycles. The van der Waals surface area contributed by atoms with Gasteiger partial charge in [0.05, 0.1) is 9.75 Å². The summed E-state index contributed by atoms with van der Waals surface area (Å²) in [5.41, 5.74) is 1.82. The summed E-state index contributed by atoms with van der Waals surface area (Å²) in [6, 6.07) is 46.3. The fourth-order valence-corrected chi connectivity index (χ4v) is 9.85. The van der Waals surface area contributed by atoms with Crippen LogP contribution in [0, 0.1) is 11.6 Å². The van der Waals surface area contributed by atoms with Crippen molar-refractivity contribution >= 4 is 56.4 Å². The van der Waals surface area contributed by atoms with Gasteiger partial charge in [0.25, 0.3) is 0 Å². The fourth-order valence-electron chi connectivity index (χ4n) is 7.48. The Labute approximate surface area is 307 Å². The number of hydrogen-bond acceptors (Lipinski definition) is 4. The molecule has 0 fully saturated rings. The molecule has 0 amide bonds. The molecule has 2 nitrogen and oxygen atoms in total. The van der Waals surface area contributed by atoms with Gasteiger partial charge in [-0.15, -0.1) is 22.7 Å². The third kappa shape index (κ3) is 4.86. The van der Waals surface area contributed by atoms with Crippen LogP contribution in [0.3, 0.4) is 0 Å². The van der Waals surface area contributed by atoms with E-state index < -0.39 is 11.2 Å². The summed E-state index contributed by atoms with van der Waals surface area (Å²) < 4.78 is 42.4. The number of halogens is 2. The average Bonchev–Trinajstić information content (AvgIpc) is 3.90. The molecule has 10 rings (SSSR count). The van der Waals surface area contributed by atoms with Crippen molar-refractivity contribution in [2.45, 2.75) is 11.2 Å². The Morgan fingerprint density at radius 1 is 0.423 bits per heavy atom. The second-order valence-electron chi connectivity index (χ2n) is 13.1. The van der Waals surface area contributed by atoms with Gasteiger partial charge in [0.15, 0.2) is 11.2 Å². The van der Waals surface area contributed by atoms with Gasteiger partial charge in [-0.05, 0) is 107 Å². The molecule has 2 unspecified atom stereocenters. The first kappa shape index (κ1) is 31.0. The minimum atomic E-state index is -0.955. The van der Waals surface area contributed by atoms with E-state index in [-0.39, 0.29) is 11.6 Å². The summed E-state index contributed by atoms with van der Waals surface area (Å²) in [5, 5.41) is 4.52. The monoisotopic (exact) mass is 714 g/mol. The maximum absolute atomic E-state index is 14.2. The van der Waals surface area contributed by atoms with Crippen molar-refractivity contribution in [3.63, 3.8) is 0 Å². The highest BCUT2D eigenvalue weighted by Gasteiger charge is 2.41. The highest BCUT2D eigenvalue weighted by molar-refractivity contribution is 7.22. The lowest BCUT2D eigenvalue weighted by molar-refractivity contribution is 0.165. The Bertz CT molecular complexity index is 2530. The molecule has 0 spiro atoms. The Balaban J connectivity index is 1.06. The quantitative estimate of drug-likeness (QED) is 0.177. The summed E-state index contributed by atoms with van der Waals surface area (Å²) in [7, 11) is 0. The second kappa shape index (κ2) is 11.9. The molecule has 52 heavy (non-hydrogen) atoms. The zero-order valence-electron chi connectivity index (χ0n) is 27.6. The van der Waals surface area contributed by atoms with Gasteiger partial charge in [-0.2, -0.15) is 0 Å². The lowest BCUT2D eigenvalue weighted by Crippen LogP contribution is -2.33. The Morgan fingerprint density at radius 3 is 1.29 bits per heavy atom. The highest BCUT2D eigenvalue weighted by Crippen LogP contribution is 2.50. The van der Waals surface area contributed by atoms with Crippen molar-refractivity contribution in [1.82, 2.24) is 0 Å². The van der Waals surface area contributed by atoms with Crippen LogP contribution >= 0.6 is 22.7 Å². The predicted octanol–water partition coefficient (Wildman–Crippen LogP) is 12.8. The van der Waals surface area contributed by atoms with Gasteiger partial charge in [-0.25, -0.2) is 8.78 Å². The van der Waals surface area contributed by atoms with E-state index in [4.69, 9.17) is 9.47 Å². The standard InChI is InChI=1S/C46H28F2O2S2/c47-33-15-11-31(12-16-33)45(27-25-37-35-7-3-1-5-29(35)9-19-39(37)49-45)43-23-21-41(51-43)42-22-24-44(52-42)46(32-13-17-34(48)18-14-32)28-26-38-36-8-4-2-6-30(36)10-20-40(38)50-46/h1-28H. The van der Waals surface area contributed by atoms with Crippen LogP contribution in [-0.2, 0) is 11.2 Å². The fraction of sp³-hybridized carbons (Fsp3) is 0.0435. The molecular weight excluding hydrogens is 687 g/mol. The molecule has 4 heterocycles. The summed E-state index contributed by atoms with van der Waals surface area (Å²) in [5.74, 6) is 0.949. The van der Waals surface area contributed by atoms with Gasteiger partial charge >= 0.3 is 0 Å². The lowest BCUT2D eigenvalue weighted by Gasteiger charge is -2.35. The zero-order chi connectivity index (χ0) is 34.9. The number of hydrogen-bond donors (Lipinski definition) is 0. The predicted molar refractivity (Wildman–Crippen MR) is 209 cm³/mol. The van der Waals surface area contributed by atoms with Gasteiger partial charge < -0.3 is 9.47 Å². The van der Waals surface area contributed by atoms with Crippen LogP contribution in [0.4, 0.5) is 8.78 Å². The SMILES string of the molecule is Fc1ccc(C2(c3ccc(-c4ccc(C5(c6ccc(F)cc6)C=Cc6c(ccc7ccccc67)O5)s4)s3)C=Cc3c(ccc4ccccc34)O2)cc1. The van der Waals surface area contributed by atoms with E-state index in [1.165, 1.54) is 24.3 Å². The lowest BCUT2D eigenvalue weighted by atomic mass is 9.87. The molecule has 6 heteroatoms. The first-order valence-corrected chi connectivity index (χ1v) is 18.7. The third-order valence-corrected chi connectivity index (χ3v) is 12.7. The molecule has 6 aromatic carbocycles. The number of fused-ring (bicyclic) bond motifs is 6. The minimum Gasteiger partial charge on any atom is -0.472 e.